The van der Waals surface area contributed by atoms with Crippen molar-refractivity contribution in [3.05, 3.63) is 18.0 Å². The predicted octanol–water partition coefficient (Wildman–Crippen LogP) is -0.223. The van der Waals surface area contributed by atoms with E-state index in [1.54, 1.807) is 18.1 Å². The van der Waals surface area contributed by atoms with Gasteiger partial charge in [-0.1, -0.05) is 0 Å². The van der Waals surface area contributed by atoms with Gasteiger partial charge in [0, 0.05) is 19.8 Å². The Bertz CT molecular complexity index is 240. The highest BCUT2D eigenvalue weighted by Crippen LogP contribution is 1.95. The van der Waals surface area contributed by atoms with Crippen molar-refractivity contribution in [3.8, 4) is 0 Å². The topological polar surface area (TPSA) is 81.8 Å². The minimum Gasteiger partial charge on any atom is -0.370 e. The third-order valence-electron chi connectivity index (χ3n) is 1.70. The van der Waals surface area contributed by atoms with E-state index in [1.807, 2.05) is 6.20 Å². The van der Waals surface area contributed by atoms with Crippen LogP contribution in [0.1, 0.15) is 5.56 Å². The fourth-order valence-corrected chi connectivity index (χ4v) is 0.832. The zero-order valence-corrected chi connectivity index (χ0v) is 7.04. The molecule has 0 aliphatic heterocycles. The lowest BCUT2D eigenvalue weighted by atomic mass is 10.2. The molecule has 0 aliphatic rings. The van der Waals surface area contributed by atoms with Crippen LogP contribution >= 0.6 is 0 Å². The van der Waals surface area contributed by atoms with Gasteiger partial charge in [-0.25, -0.2) is 0 Å². The number of rotatable bonds is 3. The molecule has 1 rings (SSSR count). The highest BCUT2D eigenvalue weighted by atomic mass is 15.2. The maximum Gasteiger partial charge on any atom is 0.188 e. The number of aromatic amines is 1. The zero-order valence-electron chi connectivity index (χ0n) is 7.04. The zero-order chi connectivity index (χ0) is 8.97. The monoisotopic (exact) mass is 167 g/mol. The van der Waals surface area contributed by atoms with Crippen molar-refractivity contribution in [2.45, 2.75) is 6.42 Å². The molecular weight excluding hydrogens is 154 g/mol. The van der Waals surface area contributed by atoms with E-state index < -0.39 is 0 Å². The van der Waals surface area contributed by atoms with Crippen LogP contribution in [0.25, 0.3) is 0 Å². The van der Waals surface area contributed by atoms with Crippen molar-refractivity contribution < 1.29 is 0 Å². The first-order valence-electron chi connectivity index (χ1n) is 3.73. The van der Waals surface area contributed by atoms with E-state index in [0.717, 1.165) is 18.5 Å². The number of nitrogens with zero attached hydrogens (tertiary/aromatic N) is 2. The van der Waals surface area contributed by atoms with Crippen LogP contribution in [0.3, 0.4) is 0 Å². The summed E-state index contributed by atoms with van der Waals surface area (Å²) in [5.74, 6) is 0.0958. The average molecular weight is 167 g/mol. The first kappa shape index (κ1) is 8.58. The van der Waals surface area contributed by atoms with E-state index in [-0.39, 0.29) is 5.96 Å². The van der Waals surface area contributed by atoms with Crippen LogP contribution in [0, 0.1) is 5.41 Å². The van der Waals surface area contributed by atoms with Crippen LogP contribution in [-0.4, -0.2) is 34.6 Å². The molecule has 5 nitrogen and oxygen atoms in total. The maximum atomic E-state index is 7.11. The molecule has 0 unspecified atom stereocenters. The number of H-pyrrole nitrogens is 1. The first-order valence-corrected chi connectivity index (χ1v) is 3.73. The van der Waals surface area contributed by atoms with Gasteiger partial charge >= 0.3 is 0 Å². The van der Waals surface area contributed by atoms with Gasteiger partial charge in [-0.15, -0.1) is 0 Å². The lowest BCUT2D eigenvalue weighted by molar-refractivity contribution is 0.499. The molecule has 0 saturated heterocycles. The van der Waals surface area contributed by atoms with Crippen molar-refractivity contribution in [1.29, 1.82) is 5.41 Å². The van der Waals surface area contributed by atoms with Crippen molar-refractivity contribution in [3.63, 3.8) is 0 Å². The highest BCUT2D eigenvalue weighted by Gasteiger charge is 1.99. The van der Waals surface area contributed by atoms with E-state index in [9.17, 15) is 0 Å². The molecule has 12 heavy (non-hydrogen) atoms. The second-order valence-corrected chi connectivity index (χ2v) is 2.66. The molecule has 1 aromatic heterocycles. The largest absolute Gasteiger partial charge is 0.370 e. The molecule has 0 aliphatic carbocycles. The molecule has 4 N–H and O–H groups in total. The summed E-state index contributed by atoms with van der Waals surface area (Å²) in [6.07, 6.45) is 4.47. The molecule has 0 amide bonds. The molecule has 0 radical (unpaired) electrons. The smallest absolute Gasteiger partial charge is 0.188 e. The van der Waals surface area contributed by atoms with Gasteiger partial charge in [0.25, 0.3) is 0 Å². The van der Waals surface area contributed by atoms with Gasteiger partial charge < -0.3 is 10.6 Å². The third kappa shape index (κ3) is 2.26. The van der Waals surface area contributed by atoms with E-state index in [2.05, 4.69) is 10.2 Å². The molecule has 1 aromatic rings. The minimum atomic E-state index is 0.0958. The highest BCUT2D eigenvalue weighted by molar-refractivity contribution is 5.74. The lowest BCUT2D eigenvalue weighted by Crippen LogP contribution is -2.34. The number of hydrogen-bond acceptors (Lipinski definition) is 2. The van der Waals surface area contributed by atoms with Crippen LogP contribution in [0.5, 0.6) is 0 Å². The first-order chi connectivity index (χ1) is 5.70. The molecule has 0 fully saturated rings. The molecular formula is C7H13N5. The summed E-state index contributed by atoms with van der Waals surface area (Å²) in [5.41, 5.74) is 6.39. The summed E-state index contributed by atoms with van der Waals surface area (Å²) in [5, 5.41) is 13.7. The van der Waals surface area contributed by atoms with Crippen LogP contribution in [0.2, 0.25) is 0 Å². The SMILES string of the molecule is CN(CCc1cn[nH]c1)C(=N)N. The molecule has 5 heteroatoms. The summed E-state index contributed by atoms with van der Waals surface area (Å²) in [6, 6.07) is 0. The van der Waals surface area contributed by atoms with Crippen LogP contribution in [0.4, 0.5) is 0 Å². The molecule has 0 atom stereocenters. The fourth-order valence-electron chi connectivity index (χ4n) is 0.832. The van der Waals surface area contributed by atoms with Crippen molar-refractivity contribution >= 4 is 5.96 Å². The quantitative estimate of drug-likeness (QED) is 0.430. The summed E-state index contributed by atoms with van der Waals surface area (Å²) < 4.78 is 0. The van der Waals surface area contributed by atoms with Gasteiger partial charge in [0.2, 0.25) is 0 Å². The van der Waals surface area contributed by atoms with Gasteiger partial charge in [-0.3, -0.25) is 10.5 Å². The normalized spacial score (nSPS) is 9.75. The van der Waals surface area contributed by atoms with Crippen molar-refractivity contribution in [2.24, 2.45) is 5.73 Å². The minimum absolute atomic E-state index is 0.0958. The molecule has 0 saturated carbocycles. The van der Waals surface area contributed by atoms with Crippen molar-refractivity contribution in [2.75, 3.05) is 13.6 Å². The van der Waals surface area contributed by atoms with Gasteiger partial charge in [0.15, 0.2) is 5.96 Å². The van der Waals surface area contributed by atoms with Crippen LogP contribution in [-0.2, 0) is 6.42 Å². The molecule has 1 heterocycles. The molecule has 0 aromatic carbocycles. The number of aromatic nitrogens is 2. The second kappa shape index (κ2) is 3.75. The van der Waals surface area contributed by atoms with Gasteiger partial charge in [-0.2, -0.15) is 5.10 Å². The number of likely N-dealkylation sites (N-methyl/N-ethyl adjacent to an activating group) is 1. The number of nitrogens with one attached hydrogen (secondary N) is 2. The molecule has 0 spiro atoms. The molecule has 66 valence electrons. The maximum absolute atomic E-state index is 7.11. The fraction of sp³-hybridized carbons (Fsp3) is 0.429. The summed E-state index contributed by atoms with van der Waals surface area (Å²) in [6.45, 7) is 0.745. The third-order valence-corrected chi connectivity index (χ3v) is 1.70. The Morgan fingerprint density at radius 3 is 3.08 bits per heavy atom. The summed E-state index contributed by atoms with van der Waals surface area (Å²) in [4.78, 5) is 1.69. The van der Waals surface area contributed by atoms with Gasteiger partial charge in [0.1, 0.15) is 0 Å². The Hall–Kier alpha value is -1.52. The van der Waals surface area contributed by atoms with Crippen LogP contribution < -0.4 is 5.73 Å². The Morgan fingerprint density at radius 1 is 1.83 bits per heavy atom. The van der Waals surface area contributed by atoms with E-state index in [4.69, 9.17) is 11.1 Å². The Kier molecular flexibility index (Phi) is 2.68. The van der Waals surface area contributed by atoms with E-state index in [1.165, 1.54) is 0 Å². The van der Waals surface area contributed by atoms with Crippen molar-refractivity contribution in [1.82, 2.24) is 15.1 Å². The summed E-state index contributed by atoms with van der Waals surface area (Å²) >= 11 is 0. The summed E-state index contributed by atoms with van der Waals surface area (Å²) in [7, 11) is 1.79. The number of nitrogens with two attached hydrogens (primary N) is 1. The Balaban J connectivity index is 2.31. The van der Waals surface area contributed by atoms with Crippen LogP contribution in [0.15, 0.2) is 12.4 Å². The number of guanidine groups is 1. The van der Waals surface area contributed by atoms with E-state index >= 15 is 0 Å². The predicted molar refractivity (Wildman–Crippen MR) is 46.8 cm³/mol. The standard InChI is InChI=1S/C7H13N5/c1-12(7(8)9)3-2-6-4-10-11-5-6/h4-5H,2-3H2,1H3,(H3,8,9)(H,10,11). The number of hydrogen-bond donors (Lipinski definition) is 3. The van der Waals surface area contributed by atoms with E-state index in [0.29, 0.717) is 0 Å². The average Bonchev–Trinajstić information content (AvgIpc) is 2.51. The lowest BCUT2D eigenvalue weighted by Gasteiger charge is -2.15. The Labute approximate surface area is 71.1 Å². The second-order valence-electron chi connectivity index (χ2n) is 2.66. The van der Waals surface area contributed by atoms with Gasteiger partial charge in [-0.05, 0) is 12.0 Å². The van der Waals surface area contributed by atoms with Gasteiger partial charge in [0.05, 0.1) is 6.20 Å². The Morgan fingerprint density at radius 2 is 2.58 bits per heavy atom. The molecule has 0 bridgehead atoms.